The molecule has 0 aromatic heterocycles. The quantitative estimate of drug-likeness (QED) is 0.859. The van der Waals surface area contributed by atoms with E-state index in [1.54, 1.807) is 11.1 Å². The number of aryl methyl sites for hydroxylation is 3. The van der Waals surface area contributed by atoms with Gasteiger partial charge < -0.3 is 5.32 Å². The van der Waals surface area contributed by atoms with E-state index in [4.69, 9.17) is 0 Å². The third kappa shape index (κ3) is 2.22. The Kier molecular flexibility index (Phi) is 2.99. The van der Waals surface area contributed by atoms with Crippen LogP contribution in [0.1, 0.15) is 40.7 Å². The lowest BCUT2D eigenvalue weighted by Crippen LogP contribution is -2.11. The zero-order chi connectivity index (χ0) is 13.4. The van der Waals surface area contributed by atoms with Crippen molar-refractivity contribution in [2.24, 2.45) is 0 Å². The minimum absolute atomic E-state index is 1.06. The average molecular weight is 263 g/mol. The van der Waals surface area contributed by atoms with Crippen LogP contribution in [0.4, 0.5) is 5.69 Å². The van der Waals surface area contributed by atoms with Crippen molar-refractivity contribution in [3.05, 3.63) is 64.2 Å². The molecular weight excluding hydrogens is 242 g/mol. The smallest absolute Gasteiger partial charge is 0.0375 e. The summed E-state index contributed by atoms with van der Waals surface area (Å²) < 4.78 is 0. The van der Waals surface area contributed by atoms with E-state index in [1.807, 2.05) is 0 Å². The fourth-order valence-electron chi connectivity index (χ4n) is 3.59. The molecule has 0 saturated heterocycles. The van der Waals surface area contributed by atoms with Gasteiger partial charge in [0.2, 0.25) is 0 Å². The molecule has 1 N–H and O–H groups in total. The first-order valence-corrected chi connectivity index (χ1v) is 7.85. The molecule has 0 spiro atoms. The van der Waals surface area contributed by atoms with Crippen LogP contribution in [-0.4, -0.2) is 6.54 Å². The highest BCUT2D eigenvalue weighted by Crippen LogP contribution is 2.26. The molecule has 0 radical (unpaired) electrons. The summed E-state index contributed by atoms with van der Waals surface area (Å²) in [5.74, 6) is 0. The van der Waals surface area contributed by atoms with Crippen LogP contribution in [0, 0.1) is 0 Å². The average Bonchev–Trinajstić information content (AvgIpc) is 2.95. The largest absolute Gasteiger partial charge is 0.385 e. The fourth-order valence-corrected chi connectivity index (χ4v) is 3.59. The van der Waals surface area contributed by atoms with Gasteiger partial charge in [-0.1, -0.05) is 30.3 Å². The summed E-state index contributed by atoms with van der Waals surface area (Å²) in [6, 6.07) is 14.0. The van der Waals surface area contributed by atoms with Gasteiger partial charge in [0.1, 0.15) is 0 Å². The third-order valence-electron chi connectivity index (χ3n) is 4.68. The number of hydrogen-bond acceptors (Lipinski definition) is 1. The molecule has 1 aliphatic carbocycles. The summed E-state index contributed by atoms with van der Waals surface area (Å²) >= 11 is 0. The number of hydrogen-bond donors (Lipinski definition) is 1. The van der Waals surface area contributed by atoms with Gasteiger partial charge in [0.25, 0.3) is 0 Å². The highest BCUT2D eigenvalue weighted by molar-refractivity contribution is 5.55. The zero-order valence-electron chi connectivity index (χ0n) is 11.9. The van der Waals surface area contributed by atoms with Gasteiger partial charge in [0.05, 0.1) is 0 Å². The molecule has 1 heterocycles. The van der Waals surface area contributed by atoms with Crippen LogP contribution in [0.2, 0.25) is 0 Å². The normalized spacial score (nSPS) is 16.4. The molecule has 0 atom stereocenters. The predicted octanol–water partition coefficient (Wildman–Crippen LogP) is 4.12. The van der Waals surface area contributed by atoms with Crippen LogP contribution >= 0.6 is 0 Å². The van der Waals surface area contributed by atoms with Gasteiger partial charge in [0.15, 0.2) is 0 Å². The van der Waals surface area contributed by atoms with Crippen LogP contribution in [0.15, 0.2) is 36.4 Å². The van der Waals surface area contributed by atoms with E-state index in [0.717, 1.165) is 13.0 Å². The minimum Gasteiger partial charge on any atom is -0.385 e. The Hall–Kier alpha value is -1.76. The second-order valence-corrected chi connectivity index (χ2v) is 6.16. The van der Waals surface area contributed by atoms with Gasteiger partial charge in [-0.15, -0.1) is 0 Å². The lowest BCUT2D eigenvalue weighted by atomic mass is 9.97. The second kappa shape index (κ2) is 4.97. The molecule has 102 valence electrons. The van der Waals surface area contributed by atoms with Crippen molar-refractivity contribution in [1.82, 2.24) is 0 Å². The molecule has 2 aromatic rings. The Labute approximate surface area is 121 Å². The van der Waals surface area contributed by atoms with Crippen LogP contribution in [0.3, 0.4) is 0 Å². The fraction of sp³-hybridized carbons (Fsp3) is 0.368. The maximum atomic E-state index is 3.53. The van der Waals surface area contributed by atoms with Gasteiger partial charge in [-0.2, -0.15) is 0 Å². The summed E-state index contributed by atoms with van der Waals surface area (Å²) in [4.78, 5) is 0. The number of nitrogens with one attached hydrogen (secondary N) is 1. The number of benzene rings is 2. The summed E-state index contributed by atoms with van der Waals surface area (Å²) in [6.45, 7) is 1.12. The number of fused-ring (bicyclic) bond motifs is 2. The van der Waals surface area contributed by atoms with Crippen LogP contribution in [0.5, 0.6) is 0 Å². The van der Waals surface area contributed by atoms with E-state index in [9.17, 15) is 0 Å². The topological polar surface area (TPSA) is 12.0 Å². The van der Waals surface area contributed by atoms with E-state index >= 15 is 0 Å². The first kappa shape index (κ1) is 12.0. The van der Waals surface area contributed by atoms with Crippen LogP contribution < -0.4 is 5.32 Å². The highest BCUT2D eigenvalue weighted by Gasteiger charge is 2.12. The maximum absolute atomic E-state index is 3.53. The molecule has 1 heteroatoms. The monoisotopic (exact) mass is 263 g/mol. The lowest BCUT2D eigenvalue weighted by molar-refractivity contribution is 0.829. The van der Waals surface area contributed by atoms with Crippen molar-refractivity contribution in [2.45, 2.75) is 38.5 Å². The summed E-state index contributed by atoms with van der Waals surface area (Å²) in [5.41, 5.74) is 8.88. The molecule has 0 fully saturated rings. The SMILES string of the molecule is c1cc2c(cc1Cc1ccc3c(c1)NCCC3)CCC2. The van der Waals surface area contributed by atoms with Crippen molar-refractivity contribution in [2.75, 3.05) is 11.9 Å². The van der Waals surface area contributed by atoms with E-state index in [-0.39, 0.29) is 0 Å². The first-order valence-electron chi connectivity index (χ1n) is 7.85. The van der Waals surface area contributed by atoms with Gasteiger partial charge in [-0.25, -0.2) is 0 Å². The van der Waals surface area contributed by atoms with E-state index < -0.39 is 0 Å². The summed E-state index contributed by atoms with van der Waals surface area (Å²) in [6.07, 6.45) is 7.43. The summed E-state index contributed by atoms with van der Waals surface area (Å²) in [7, 11) is 0. The minimum atomic E-state index is 1.06. The molecule has 0 amide bonds. The second-order valence-electron chi connectivity index (χ2n) is 6.16. The number of rotatable bonds is 2. The van der Waals surface area contributed by atoms with Gasteiger partial charge >= 0.3 is 0 Å². The van der Waals surface area contributed by atoms with Gasteiger partial charge in [0, 0.05) is 12.2 Å². The van der Waals surface area contributed by atoms with Crippen LogP contribution in [-0.2, 0) is 25.7 Å². The zero-order valence-corrected chi connectivity index (χ0v) is 11.9. The molecule has 1 nitrogen and oxygen atoms in total. The molecule has 0 unspecified atom stereocenters. The standard InChI is InChI=1S/C19H21N/c1-3-16-8-6-14(12-18(16)4-1)11-15-7-9-17-5-2-10-20-19(17)13-15/h6-9,12-13,20H,1-5,10-11H2. The Morgan fingerprint density at radius 2 is 1.50 bits per heavy atom. The molecule has 2 aromatic carbocycles. The van der Waals surface area contributed by atoms with Crippen LogP contribution in [0.25, 0.3) is 0 Å². The van der Waals surface area contributed by atoms with Crippen molar-refractivity contribution in [3.63, 3.8) is 0 Å². The Morgan fingerprint density at radius 3 is 2.45 bits per heavy atom. The van der Waals surface area contributed by atoms with Crippen molar-refractivity contribution >= 4 is 5.69 Å². The first-order chi connectivity index (χ1) is 9.88. The van der Waals surface area contributed by atoms with E-state index in [1.165, 1.54) is 54.5 Å². The van der Waals surface area contributed by atoms with E-state index in [0.29, 0.717) is 0 Å². The molecule has 1 aliphatic heterocycles. The Bertz CT molecular complexity index is 642. The molecule has 0 bridgehead atoms. The predicted molar refractivity (Wildman–Crippen MR) is 84.5 cm³/mol. The number of anilines is 1. The third-order valence-corrected chi connectivity index (χ3v) is 4.68. The highest BCUT2D eigenvalue weighted by atomic mass is 14.9. The molecule has 0 saturated carbocycles. The Balaban J connectivity index is 1.59. The maximum Gasteiger partial charge on any atom is 0.0375 e. The molecular formula is C19H21N. The summed E-state index contributed by atoms with van der Waals surface area (Å²) in [5, 5.41) is 3.53. The lowest BCUT2D eigenvalue weighted by Gasteiger charge is -2.18. The van der Waals surface area contributed by atoms with Crippen molar-refractivity contribution < 1.29 is 0 Å². The Morgan fingerprint density at radius 1 is 0.750 bits per heavy atom. The molecule has 20 heavy (non-hydrogen) atoms. The van der Waals surface area contributed by atoms with Crippen molar-refractivity contribution in [1.29, 1.82) is 0 Å². The van der Waals surface area contributed by atoms with Gasteiger partial charge in [-0.3, -0.25) is 0 Å². The molecule has 2 aliphatic rings. The van der Waals surface area contributed by atoms with Crippen molar-refractivity contribution in [3.8, 4) is 0 Å². The molecule has 4 rings (SSSR count). The van der Waals surface area contributed by atoms with Gasteiger partial charge in [-0.05, 0) is 72.4 Å². The van der Waals surface area contributed by atoms with E-state index in [2.05, 4.69) is 41.7 Å².